The van der Waals surface area contributed by atoms with E-state index in [9.17, 15) is 9.18 Å². The number of methoxy groups -OCH3 is 1. The van der Waals surface area contributed by atoms with E-state index in [2.05, 4.69) is 0 Å². The molecule has 0 aromatic heterocycles. The average molecular weight is 226 g/mol. The first-order chi connectivity index (χ1) is 7.49. The van der Waals surface area contributed by atoms with Crippen LogP contribution in [0.25, 0.3) is 0 Å². The SMILES string of the molecule is COCCc1c(C)c(C(N)=O)cc(N)c1F. The van der Waals surface area contributed by atoms with Crippen molar-refractivity contribution in [3.05, 3.63) is 28.6 Å². The van der Waals surface area contributed by atoms with E-state index in [-0.39, 0.29) is 11.3 Å². The average Bonchev–Trinajstić information content (AvgIpc) is 2.23. The fraction of sp³-hybridized carbons (Fsp3) is 0.364. The van der Waals surface area contributed by atoms with E-state index >= 15 is 0 Å². The van der Waals surface area contributed by atoms with E-state index in [0.29, 0.717) is 24.2 Å². The summed E-state index contributed by atoms with van der Waals surface area (Å²) in [5.74, 6) is -1.11. The Hall–Kier alpha value is -1.62. The molecule has 0 aliphatic rings. The second-order valence-electron chi connectivity index (χ2n) is 3.54. The van der Waals surface area contributed by atoms with Gasteiger partial charge < -0.3 is 16.2 Å². The maximum atomic E-state index is 13.7. The molecule has 0 aliphatic heterocycles. The summed E-state index contributed by atoms with van der Waals surface area (Å²) in [5.41, 5.74) is 11.8. The Morgan fingerprint density at radius 2 is 2.19 bits per heavy atom. The molecule has 1 aromatic rings. The van der Waals surface area contributed by atoms with Crippen LogP contribution in [0.3, 0.4) is 0 Å². The smallest absolute Gasteiger partial charge is 0.249 e. The molecule has 0 heterocycles. The molecule has 0 aliphatic carbocycles. The van der Waals surface area contributed by atoms with Crippen molar-refractivity contribution in [2.75, 3.05) is 19.5 Å². The molecule has 1 amide bonds. The Labute approximate surface area is 93.4 Å². The first-order valence-electron chi connectivity index (χ1n) is 4.85. The highest BCUT2D eigenvalue weighted by Crippen LogP contribution is 2.23. The molecule has 4 nitrogen and oxygen atoms in total. The zero-order valence-electron chi connectivity index (χ0n) is 9.34. The number of hydrogen-bond donors (Lipinski definition) is 2. The number of rotatable bonds is 4. The number of hydrogen-bond acceptors (Lipinski definition) is 3. The van der Waals surface area contributed by atoms with Gasteiger partial charge in [0, 0.05) is 12.7 Å². The van der Waals surface area contributed by atoms with Crippen molar-refractivity contribution in [3.63, 3.8) is 0 Å². The third-order valence-corrected chi connectivity index (χ3v) is 2.50. The summed E-state index contributed by atoms with van der Waals surface area (Å²) >= 11 is 0. The molecule has 5 heteroatoms. The van der Waals surface area contributed by atoms with Crippen molar-refractivity contribution in [2.24, 2.45) is 5.73 Å². The van der Waals surface area contributed by atoms with Gasteiger partial charge in [0.15, 0.2) is 0 Å². The molecule has 4 N–H and O–H groups in total. The summed E-state index contributed by atoms with van der Waals surface area (Å²) in [6.07, 6.45) is 0.361. The minimum absolute atomic E-state index is 0.0643. The van der Waals surface area contributed by atoms with Crippen LogP contribution >= 0.6 is 0 Å². The Kier molecular flexibility index (Phi) is 3.84. The number of ether oxygens (including phenoxy) is 1. The molecule has 0 saturated heterocycles. The van der Waals surface area contributed by atoms with Gasteiger partial charge >= 0.3 is 0 Å². The fourth-order valence-corrected chi connectivity index (χ4v) is 1.59. The van der Waals surface area contributed by atoms with Gasteiger partial charge in [-0.1, -0.05) is 0 Å². The minimum Gasteiger partial charge on any atom is -0.396 e. The third-order valence-electron chi connectivity index (χ3n) is 2.50. The summed E-state index contributed by atoms with van der Waals surface area (Å²) in [6.45, 7) is 2.01. The predicted octanol–water partition coefficient (Wildman–Crippen LogP) is 1.00. The molecule has 88 valence electrons. The van der Waals surface area contributed by atoms with Gasteiger partial charge in [0.1, 0.15) is 5.82 Å². The summed E-state index contributed by atoms with van der Waals surface area (Å²) in [5, 5.41) is 0. The topological polar surface area (TPSA) is 78.3 Å². The number of carbonyl (C=O) groups excluding carboxylic acids is 1. The molecule has 0 spiro atoms. The molecule has 1 rings (SSSR count). The van der Waals surface area contributed by atoms with E-state index in [0.717, 1.165) is 0 Å². The Bertz CT molecular complexity index is 419. The van der Waals surface area contributed by atoms with Crippen LogP contribution < -0.4 is 11.5 Å². The van der Waals surface area contributed by atoms with Crippen molar-refractivity contribution in [2.45, 2.75) is 13.3 Å². The molecular formula is C11H15FN2O2. The van der Waals surface area contributed by atoms with E-state index in [1.807, 2.05) is 0 Å². The van der Waals surface area contributed by atoms with Crippen molar-refractivity contribution < 1.29 is 13.9 Å². The fourth-order valence-electron chi connectivity index (χ4n) is 1.59. The van der Waals surface area contributed by atoms with Gasteiger partial charge in [-0.15, -0.1) is 0 Å². The van der Waals surface area contributed by atoms with Gasteiger partial charge in [0.05, 0.1) is 12.3 Å². The van der Waals surface area contributed by atoms with Crippen molar-refractivity contribution >= 4 is 11.6 Å². The molecule has 1 aromatic carbocycles. The number of carbonyl (C=O) groups is 1. The lowest BCUT2D eigenvalue weighted by atomic mass is 9.98. The largest absolute Gasteiger partial charge is 0.396 e. The predicted molar refractivity (Wildman–Crippen MR) is 59.6 cm³/mol. The zero-order chi connectivity index (χ0) is 12.3. The first kappa shape index (κ1) is 12.4. The van der Waals surface area contributed by atoms with Crippen LogP contribution in [0.4, 0.5) is 10.1 Å². The number of nitrogen functional groups attached to an aromatic ring is 1. The normalized spacial score (nSPS) is 10.4. The first-order valence-corrected chi connectivity index (χ1v) is 4.85. The lowest BCUT2D eigenvalue weighted by Crippen LogP contribution is -2.16. The summed E-state index contributed by atoms with van der Waals surface area (Å²) < 4.78 is 18.6. The van der Waals surface area contributed by atoms with Crippen LogP contribution in [0.1, 0.15) is 21.5 Å². The van der Waals surface area contributed by atoms with E-state index in [4.69, 9.17) is 16.2 Å². The number of halogens is 1. The molecule has 0 atom stereocenters. The molecule has 0 bridgehead atoms. The van der Waals surface area contributed by atoms with Crippen molar-refractivity contribution in [3.8, 4) is 0 Å². The van der Waals surface area contributed by atoms with Gasteiger partial charge in [0.25, 0.3) is 0 Å². The second kappa shape index (κ2) is 4.94. The van der Waals surface area contributed by atoms with E-state index < -0.39 is 11.7 Å². The van der Waals surface area contributed by atoms with Gasteiger partial charge in [-0.2, -0.15) is 0 Å². The van der Waals surface area contributed by atoms with Crippen LogP contribution in [-0.4, -0.2) is 19.6 Å². The maximum absolute atomic E-state index is 13.7. The zero-order valence-corrected chi connectivity index (χ0v) is 9.34. The van der Waals surface area contributed by atoms with Crippen LogP contribution in [0, 0.1) is 12.7 Å². The standard InChI is InChI=1S/C11H15FN2O2/c1-6-7(3-4-16-2)10(12)9(13)5-8(6)11(14)15/h5H,3-4,13H2,1-2H3,(H2,14,15). The van der Waals surface area contributed by atoms with Crippen LogP contribution in [-0.2, 0) is 11.2 Å². The van der Waals surface area contributed by atoms with Crippen molar-refractivity contribution in [1.82, 2.24) is 0 Å². The Morgan fingerprint density at radius 1 is 1.56 bits per heavy atom. The van der Waals surface area contributed by atoms with Gasteiger partial charge in [0.2, 0.25) is 5.91 Å². The molecule has 0 radical (unpaired) electrons. The lowest BCUT2D eigenvalue weighted by molar-refractivity contribution is 0.0999. The van der Waals surface area contributed by atoms with Crippen LogP contribution in [0.2, 0.25) is 0 Å². The van der Waals surface area contributed by atoms with Gasteiger partial charge in [-0.3, -0.25) is 4.79 Å². The second-order valence-corrected chi connectivity index (χ2v) is 3.54. The number of amides is 1. The molecule has 16 heavy (non-hydrogen) atoms. The lowest BCUT2D eigenvalue weighted by Gasteiger charge is -2.12. The number of nitrogens with two attached hydrogens (primary N) is 2. The van der Waals surface area contributed by atoms with Crippen molar-refractivity contribution in [1.29, 1.82) is 0 Å². The van der Waals surface area contributed by atoms with E-state index in [1.54, 1.807) is 6.92 Å². The maximum Gasteiger partial charge on any atom is 0.249 e. The molecule has 0 unspecified atom stereocenters. The molecule has 0 saturated carbocycles. The van der Waals surface area contributed by atoms with Gasteiger partial charge in [-0.05, 0) is 30.5 Å². The number of benzene rings is 1. The third kappa shape index (κ3) is 2.30. The van der Waals surface area contributed by atoms with Crippen LogP contribution in [0.15, 0.2) is 6.07 Å². The highest BCUT2D eigenvalue weighted by Gasteiger charge is 2.16. The Morgan fingerprint density at radius 3 is 2.69 bits per heavy atom. The number of primary amides is 1. The highest BCUT2D eigenvalue weighted by atomic mass is 19.1. The Balaban J connectivity index is 3.28. The minimum atomic E-state index is -0.608. The van der Waals surface area contributed by atoms with Crippen LogP contribution in [0.5, 0.6) is 0 Å². The van der Waals surface area contributed by atoms with E-state index in [1.165, 1.54) is 13.2 Å². The quantitative estimate of drug-likeness (QED) is 0.752. The summed E-state index contributed by atoms with van der Waals surface area (Å²) in [4.78, 5) is 11.1. The number of anilines is 1. The summed E-state index contributed by atoms with van der Waals surface area (Å²) in [7, 11) is 1.52. The molecular weight excluding hydrogens is 211 g/mol. The molecule has 0 fully saturated rings. The summed E-state index contributed by atoms with van der Waals surface area (Å²) in [6, 6.07) is 1.27. The monoisotopic (exact) mass is 226 g/mol. The van der Waals surface area contributed by atoms with Gasteiger partial charge in [-0.25, -0.2) is 4.39 Å². The highest BCUT2D eigenvalue weighted by molar-refractivity contribution is 5.95.